The molecule has 6 atom stereocenters. The second-order valence-electron chi connectivity index (χ2n) is 29.5. The van der Waals surface area contributed by atoms with Crippen LogP contribution in [0.15, 0.2) is 0 Å². The Hall–Kier alpha value is -1.94. The van der Waals surface area contributed by atoms with Crippen molar-refractivity contribution < 1.29 is 80.2 Å². The zero-order valence-corrected chi connectivity index (χ0v) is 66.6. The molecule has 17 nitrogen and oxygen atoms in total. The van der Waals surface area contributed by atoms with Crippen LogP contribution in [0.5, 0.6) is 0 Å². The molecule has 0 aromatic heterocycles. The van der Waals surface area contributed by atoms with Crippen molar-refractivity contribution in [1.82, 2.24) is 0 Å². The fraction of sp³-hybridized carbons (Fsp3) is 0.950. The molecule has 19 heteroatoms. The third-order valence-electron chi connectivity index (χ3n) is 19.1. The quantitative estimate of drug-likeness (QED) is 0.0222. The molecule has 0 aromatic rings. The van der Waals surface area contributed by atoms with Gasteiger partial charge in [-0.1, -0.05) is 369 Å². The smallest absolute Gasteiger partial charge is 0.462 e. The first kappa shape index (κ1) is 97.1. The Morgan fingerprint density at radius 3 is 0.768 bits per heavy atom. The van der Waals surface area contributed by atoms with E-state index in [1.54, 1.807) is 0 Å². The average Bonchev–Trinajstić information content (AvgIpc) is 0.991. The van der Waals surface area contributed by atoms with Crippen molar-refractivity contribution in [1.29, 1.82) is 0 Å². The molecule has 0 bridgehead atoms. The van der Waals surface area contributed by atoms with Gasteiger partial charge in [-0.25, -0.2) is 9.13 Å². The number of aliphatic hydroxyl groups is 1. The van der Waals surface area contributed by atoms with E-state index in [2.05, 4.69) is 41.5 Å². The zero-order chi connectivity index (χ0) is 72.8. The van der Waals surface area contributed by atoms with Crippen molar-refractivity contribution in [3.63, 3.8) is 0 Å². The number of hydrogen-bond donors (Lipinski definition) is 3. The molecule has 0 amide bonds. The predicted octanol–water partition coefficient (Wildman–Crippen LogP) is 23.9. The molecule has 0 aliphatic carbocycles. The van der Waals surface area contributed by atoms with Gasteiger partial charge in [0.2, 0.25) is 0 Å². The number of carbonyl (C=O) groups is 4. The standard InChI is InChI=1S/C80H156O17P2/c1-7-10-12-14-16-18-20-22-24-26-28-30-32-34-39-43-50-56-62-77(82)90-68-75(96-79(84)64-58-52-44-40-35-33-31-29-27-25-23-21-19-17-15-13-11-8-2)70-94-98(86,87)92-66-74(81)67-93-99(88,89)95-71-76(69-91-78(83)63-57-51-47-46-48-54-60-72(4)5)97-80(85)65-59-53-45-41-37-36-38-42-49-55-61-73(6)9-3/h72-76,81H,7-71H2,1-6H3,(H,86,87)(H,88,89)/t73?,74-,75-,76-/m1/s1. The van der Waals surface area contributed by atoms with E-state index in [9.17, 15) is 43.2 Å². The summed E-state index contributed by atoms with van der Waals surface area (Å²) in [5.74, 6) is -0.630. The monoisotopic (exact) mass is 1450 g/mol. The van der Waals surface area contributed by atoms with Crippen LogP contribution in [-0.4, -0.2) is 96.7 Å². The fourth-order valence-electron chi connectivity index (χ4n) is 12.3. The number of hydrogen-bond acceptors (Lipinski definition) is 15. The molecular weight excluding hydrogens is 1290 g/mol. The fourth-order valence-corrected chi connectivity index (χ4v) is 13.9. The minimum atomic E-state index is -4.96. The van der Waals surface area contributed by atoms with Crippen LogP contribution < -0.4 is 0 Å². The molecule has 3 N–H and O–H groups in total. The Kier molecular flexibility index (Phi) is 70.3. The van der Waals surface area contributed by atoms with E-state index in [1.165, 1.54) is 231 Å². The molecule has 0 aromatic carbocycles. The van der Waals surface area contributed by atoms with E-state index in [-0.39, 0.29) is 25.7 Å². The lowest BCUT2D eigenvalue weighted by Gasteiger charge is -2.21. The highest BCUT2D eigenvalue weighted by atomic mass is 31.2. The molecule has 588 valence electrons. The number of phosphoric ester groups is 2. The number of unbranched alkanes of at least 4 members (excludes halogenated alkanes) is 48. The summed E-state index contributed by atoms with van der Waals surface area (Å²) in [5, 5.41) is 10.6. The van der Waals surface area contributed by atoms with Gasteiger partial charge in [0.15, 0.2) is 12.2 Å². The van der Waals surface area contributed by atoms with Crippen LogP contribution in [0.4, 0.5) is 0 Å². The summed E-state index contributed by atoms with van der Waals surface area (Å²) in [6.45, 7) is 9.57. The number of rotatable bonds is 79. The summed E-state index contributed by atoms with van der Waals surface area (Å²) < 4.78 is 68.7. The maximum atomic E-state index is 13.1. The van der Waals surface area contributed by atoms with Crippen LogP contribution >= 0.6 is 15.6 Å². The lowest BCUT2D eigenvalue weighted by Crippen LogP contribution is -2.30. The van der Waals surface area contributed by atoms with Gasteiger partial charge in [-0.2, -0.15) is 0 Å². The lowest BCUT2D eigenvalue weighted by molar-refractivity contribution is -0.161. The predicted molar refractivity (Wildman–Crippen MR) is 405 cm³/mol. The molecule has 0 aliphatic rings. The topological polar surface area (TPSA) is 237 Å². The summed E-state index contributed by atoms with van der Waals surface area (Å²) >= 11 is 0. The SMILES string of the molecule is CCCCCCCCCCCCCCCCCCCCC(=O)OC[C@H](COP(=O)(O)OC[C@@H](O)COP(=O)(O)OC[C@@H](COC(=O)CCCCCCCCC(C)C)OC(=O)CCCCCCCCCCCCC(C)CC)OC(=O)CCCCCCCCCCCCCCCCCCCC. The van der Waals surface area contributed by atoms with Crippen molar-refractivity contribution in [2.75, 3.05) is 39.6 Å². The minimum Gasteiger partial charge on any atom is -0.462 e. The van der Waals surface area contributed by atoms with Crippen LogP contribution in [0.2, 0.25) is 0 Å². The van der Waals surface area contributed by atoms with Crippen molar-refractivity contribution in [3.05, 3.63) is 0 Å². The molecule has 0 saturated carbocycles. The average molecular weight is 1450 g/mol. The number of ether oxygens (including phenoxy) is 4. The molecule has 0 heterocycles. The Balaban J connectivity index is 5.23. The van der Waals surface area contributed by atoms with Gasteiger partial charge in [0, 0.05) is 25.7 Å². The first-order chi connectivity index (χ1) is 47.9. The molecule has 0 radical (unpaired) electrons. The number of carbonyl (C=O) groups excluding carboxylic acids is 4. The highest BCUT2D eigenvalue weighted by Gasteiger charge is 2.30. The van der Waals surface area contributed by atoms with Gasteiger partial charge in [0.1, 0.15) is 19.3 Å². The molecule has 0 fully saturated rings. The maximum absolute atomic E-state index is 13.1. The minimum absolute atomic E-state index is 0.105. The van der Waals surface area contributed by atoms with Crippen LogP contribution in [0.3, 0.4) is 0 Å². The Morgan fingerprint density at radius 1 is 0.293 bits per heavy atom. The van der Waals surface area contributed by atoms with E-state index in [1.807, 2.05) is 0 Å². The third-order valence-corrected chi connectivity index (χ3v) is 21.0. The van der Waals surface area contributed by atoms with Crippen molar-refractivity contribution >= 4 is 39.5 Å². The van der Waals surface area contributed by atoms with Crippen molar-refractivity contribution in [3.8, 4) is 0 Å². The van der Waals surface area contributed by atoms with Crippen molar-refractivity contribution in [2.45, 2.75) is 439 Å². The van der Waals surface area contributed by atoms with E-state index in [4.69, 9.17) is 37.0 Å². The highest BCUT2D eigenvalue weighted by Crippen LogP contribution is 2.45. The van der Waals surface area contributed by atoms with Gasteiger partial charge in [-0.15, -0.1) is 0 Å². The molecule has 99 heavy (non-hydrogen) atoms. The van der Waals surface area contributed by atoms with Crippen LogP contribution in [0.25, 0.3) is 0 Å². The Morgan fingerprint density at radius 2 is 0.515 bits per heavy atom. The normalized spacial score (nSPS) is 14.2. The van der Waals surface area contributed by atoms with Gasteiger partial charge in [0.25, 0.3) is 0 Å². The zero-order valence-electron chi connectivity index (χ0n) is 64.8. The van der Waals surface area contributed by atoms with E-state index >= 15 is 0 Å². The molecule has 0 saturated heterocycles. The largest absolute Gasteiger partial charge is 0.472 e. The van der Waals surface area contributed by atoms with Crippen LogP contribution in [0, 0.1) is 11.8 Å². The number of phosphoric acid groups is 2. The summed E-state index contributed by atoms with van der Waals surface area (Å²) in [6, 6.07) is 0. The summed E-state index contributed by atoms with van der Waals surface area (Å²) in [4.78, 5) is 72.9. The third kappa shape index (κ3) is 72.8. The molecule has 0 spiro atoms. The summed E-state index contributed by atoms with van der Waals surface area (Å²) in [5.41, 5.74) is 0. The summed E-state index contributed by atoms with van der Waals surface area (Å²) in [7, 11) is -9.92. The van der Waals surface area contributed by atoms with Crippen LogP contribution in [-0.2, 0) is 65.4 Å². The molecular formula is C80H156O17P2. The Bertz CT molecular complexity index is 1910. The molecule has 0 rings (SSSR count). The first-order valence-electron chi connectivity index (χ1n) is 41.5. The summed E-state index contributed by atoms with van der Waals surface area (Å²) in [6.07, 6.45) is 61.2. The van der Waals surface area contributed by atoms with Gasteiger partial charge in [-0.05, 0) is 37.5 Å². The van der Waals surface area contributed by atoms with Gasteiger partial charge in [-0.3, -0.25) is 37.3 Å². The van der Waals surface area contributed by atoms with E-state index < -0.39 is 97.5 Å². The second kappa shape index (κ2) is 71.7. The first-order valence-corrected chi connectivity index (χ1v) is 44.5. The van der Waals surface area contributed by atoms with Gasteiger partial charge >= 0.3 is 39.5 Å². The molecule has 3 unspecified atom stereocenters. The molecule has 0 aliphatic heterocycles. The van der Waals surface area contributed by atoms with Crippen LogP contribution in [0.1, 0.15) is 420 Å². The van der Waals surface area contributed by atoms with Gasteiger partial charge < -0.3 is 33.8 Å². The van der Waals surface area contributed by atoms with E-state index in [0.29, 0.717) is 31.6 Å². The van der Waals surface area contributed by atoms with Gasteiger partial charge in [0.05, 0.1) is 26.4 Å². The highest BCUT2D eigenvalue weighted by molar-refractivity contribution is 7.47. The van der Waals surface area contributed by atoms with Crippen molar-refractivity contribution in [2.24, 2.45) is 11.8 Å². The second-order valence-corrected chi connectivity index (χ2v) is 32.4. The lowest BCUT2D eigenvalue weighted by atomic mass is 9.99. The number of esters is 4. The van der Waals surface area contributed by atoms with E-state index in [0.717, 1.165) is 102 Å². The Labute approximate surface area is 607 Å². The number of aliphatic hydroxyl groups excluding tert-OH is 1. The maximum Gasteiger partial charge on any atom is 0.472 e.